The number of hydrogen-bond donors (Lipinski definition) is 1. The normalized spacial score (nSPS) is 11.4. The average molecular weight is 311 g/mol. The van der Waals surface area contributed by atoms with Crippen LogP contribution >= 0.6 is 0 Å². The Morgan fingerprint density at radius 3 is 2.38 bits per heavy atom. The number of aryl methyl sites for hydroxylation is 1. The molecular weight excluding hydrogens is 296 g/mol. The zero-order valence-electron chi connectivity index (χ0n) is 11.7. The van der Waals surface area contributed by atoms with Gasteiger partial charge in [-0.2, -0.15) is 0 Å². The van der Waals surface area contributed by atoms with Crippen molar-refractivity contribution in [1.82, 2.24) is 0 Å². The summed E-state index contributed by atoms with van der Waals surface area (Å²) < 4.78 is 49.0. The van der Waals surface area contributed by atoms with Gasteiger partial charge in [0.05, 0.1) is 4.90 Å². The Labute approximate surface area is 122 Å². The SMILES string of the molecule is Cc1ccc(S(C)(=O)=O)cc1NCc1ccc(F)c(F)c1. The lowest BCUT2D eigenvalue weighted by Gasteiger charge is -2.11. The summed E-state index contributed by atoms with van der Waals surface area (Å²) in [5.41, 5.74) is 2.07. The van der Waals surface area contributed by atoms with E-state index in [1.807, 2.05) is 6.92 Å². The molecule has 6 heteroatoms. The van der Waals surface area contributed by atoms with Crippen LogP contribution in [0.15, 0.2) is 41.3 Å². The Kier molecular flexibility index (Phi) is 4.27. The summed E-state index contributed by atoms with van der Waals surface area (Å²) in [6.45, 7) is 2.10. The van der Waals surface area contributed by atoms with Crippen LogP contribution in [0.5, 0.6) is 0 Å². The molecule has 0 saturated heterocycles. The summed E-state index contributed by atoms with van der Waals surface area (Å²) in [5, 5.41) is 3.03. The van der Waals surface area contributed by atoms with E-state index >= 15 is 0 Å². The number of halogens is 2. The smallest absolute Gasteiger partial charge is 0.175 e. The maximum atomic E-state index is 13.1. The highest BCUT2D eigenvalue weighted by Crippen LogP contribution is 2.21. The molecule has 0 fully saturated rings. The molecule has 2 aromatic carbocycles. The van der Waals surface area contributed by atoms with Crippen molar-refractivity contribution in [3.63, 3.8) is 0 Å². The van der Waals surface area contributed by atoms with Crippen LogP contribution in [0.4, 0.5) is 14.5 Å². The molecule has 3 nitrogen and oxygen atoms in total. The number of nitrogens with one attached hydrogen (secondary N) is 1. The van der Waals surface area contributed by atoms with E-state index in [2.05, 4.69) is 5.32 Å². The van der Waals surface area contributed by atoms with E-state index in [1.165, 1.54) is 18.2 Å². The number of hydrogen-bond acceptors (Lipinski definition) is 3. The number of anilines is 1. The monoisotopic (exact) mass is 311 g/mol. The molecule has 0 aliphatic rings. The minimum Gasteiger partial charge on any atom is -0.381 e. The molecular formula is C15H15F2NO2S. The summed E-state index contributed by atoms with van der Waals surface area (Å²) in [6.07, 6.45) is 1.14. The first kappa shape index (κ1) is 15.4. The minimum absolute atomic E-state index is 0.209. The lowest BCUT2D eigenvalue weighted by atomic mass is 10.1. The molecule has 0 heterocycles. The summed E-state index contributed by atoms with van der Waals surface area (Å²) in [7, 11) is -3.29. The van der Waals surface area contributed by atoms with E-state index in [4.69, 9.17) is 0 Å². The van der Waals surface area contributed by atoms with Crippen molar-refractivity contribution < 1.29 is 17.2 Å². The zero-order valence-corrected chi connectivity index (χ0v) is 12.5. The number of benzene rings is 2. The van der Waals surface area contributed by atoms with Crippen molar-refractivity contribution in [3.8, 4) is 0 Å². The molecule has 0 amide bonds. The Morgan fingerprint density at radius 2 is 1.76 bits per heavy atom. The third-order valence-electron chi connectivity index (χ3n) is 3.10. The van der Waals surface area contributed by atoms with Crippen molar-refractivity contribution in [2.45, 2.75) is 18.4 Å². The Hall–Kier alpha value is -1.95. The maximum absolute atomic E-state index is 13.1. The molecule has 0 radical (unpaired) electrons. The van der Waals surface area contributed by atoms with Crippen molar-refractivity contribution >= 4 is 15.5 Å². The molecule has 1 N–H and O–H groups in total. The fourth-order valence-corrected chi connectivity index (χ4v) is 2.52. The van der Waals surface area contributed by atoms with Gasteiger partial charge >= 0.3 is 0 Å². The van der Waals surface area contributed by atoms with Gasteiger partial charge in [-0.25, -0.2) is 17.2 Å². The highest BCUT2D eigenvalue weighted by molar-refractivity contribution is 7.90. The third kappa shape index (κ3) is 3.78. The van der Waals surface area contributed by atoms with Gasteiger partial charge in [0.2, 0.25) is 0 Å². The molecule has 112 valence electrons. The lowest BCUT2D eigenvalue weighted by molar-refractivity contribution is 0.507. The van der Waals surface area contributed by atoms with E-state index in [0.717, 1.165) is 24.0 Å². The summed E-state index contributed by atoms with van der Waals surface area (Å²) >= 11 is 0. The van der Waals surface area contributed by atoms with Crippen LogP contribution in [0.2, 0.25) is 0 Å². The van der Waals surface area contributed by atoms with Crippen molar-refractivity contribution in [2.24, 2.45) is 0 Å². The fraction of sp³-hybridized carbons (Fsp3) is 0.200. The largest absolute Gasteiger partial charge is 0.381 e. The second-order valence-corrected chi connectivity index (χ2v) is 6.87. The zero-order chi connectivity index (χ0) is 15.6. The van der Waals surface area contributed by atoms with E-state index in [1.54, 1.807) is 6.07 Å². The molecule has 2 aromatic rings. The second-order valence-electron chi connectivity index (χ2n) is 4.85. The number of rotatable bonds is 4. The van der Waals surface area contributed by atoms with Gasteiger partial charge in [-0.15, -0.1) is 0 Å². The van der Waals surface area contributed by atoms with Gasteiger partial charge < -0.3 is 5.32 Å². The first-order valence-electron chi connectivity index (χ1n) is 6.26. The molecule has 2 rings (SSSR count). The van der Waals surface area contributed by atoms with Crippen LogP contribution in [0.1, 0.15) is 11.1 Å². The molecule has 0 spiro atoms. The highest BCUT2D eigenvalue weighted by Gasteiger charge is 2.09. The molecule has 0 saturated carbocycles. The standard InChI is InChI=1S/C15H15F2NO2S/c1-10-3-5-12(21(2,19)20)8-15(10)18-9-11-4-6-13(16)14(17)7-11/h3-8,18H,9H2,1-2H3. The molecule has 0 aliphatic carbocycles. The van der Waals surface area contributed by atoms with E-state index in [-0.39, 0.29) is 11.4 Å². The molecule has 0 aromatic heterocycles. The predicted octanol–water partition coefficient (Wildman–Crippen LogP) is 3.29. The minimum atomic E-state index is -3.29. The predicted molar refractivity (Wildman–Crippen MR) is 78.0 cm³/mol. The van der Waals surface area contributed by atoms with Gasteiger partial charge in [-0.05, 0) is 42.3 Å². The van der Waals surface area contributed by atoms with Gasteiger partial charge in [-0.3, -0.25) is 0 Å². The summed E-state index contributed by atoms with van der Waals surface area (Å²) in [4.78, 5) is 0.209. The van der Waals surface area contributed by atoms with Crippen LogP contribution < -0.4 is 5.32 Å². The average Bonchev–Trinajstić information content (AvgIpc) is 2.40. The second kappa shape index (κ2) is 5.81. The van der Waals surface area contributed by atoms with Gasteiger partial charge in [0.1, 0.15) is 0 Å². The van der Waals surface area contributed by atoms with E-state index in [9.17, 15) is 17.2 Å². The van der Waals surface area contributed by atoms with E-state index < -0.39 is 21.5 Å². The van der Waals surface area contributed by atoms with Gasteiger partial charge in [-0.1, -0.05) is 12.1 Å². The van der Waals surface area contributed by atoms with Crippen molar-refractivity contribution in [3.05, 3.63) is 59.2 Å². The van der Waals surface area contributed by atoms with Gasteiger partial charge in [0, 0.05) is 18.5 Å². The first-order chi connectivity index (χ1) is 9.77. The molecule has 0 atom stereocenters. The first-order valence-corrected chi connectivity index (χ1v) is 8.15. The topological polar surface area (TPSA) is 46.2 Å². The Morgan fingerprint density at radius 1 is 1.05 bits per heavy atom. The molecule has 0 aliphatic heterocycles. The van der Waals surface area contributed by atoms with Crippen LogP contribution in [0, 0.1) is 18.6 Å². The van der Waals surface area contributed by atoms with Crippen LogP contribution in [0.3, 0.4) is 0 Å². The van der Waals surface area contributed by atoms with Crippen molar-refractivity contribution in [2.75, 3.05) is 11.6 Å². The van der Waals surface area contributed by atoms with Gasteiger partial charge in [0.15, 0.2) is 21.5 Å². The molecule has 0 unspecified atom stereocenters. The van der Waals surface area contributed by atoms with Gasteiger partial charge in [0.25, 0.3) is 0 Å². The molecule has 0 bridgehead atoms. The third-order valence-corrected chi connectivity index (χ3v) is 4.21. The summed E-state index contributed by atoms with van der Waals surface area (Å²) in [6, 6.07) is 8.41. The van der Waals surface area contributed by atoms with Crippen molar-refractivity contribution in [1.29, 1.82) is 0 Å². The number of sulfone groups is 1. The Bertz CT molecular complexity index is 773. The van der Waals surface area contributed by atoms with E-state index in [0.29, 0.717) is 11.3 Å². The molecule has 21 heavy (non-hydrogen) atoms. The Balaban J connectivity index is 2.21. The lowest BCUT2D eigenvalue weighted by Crippen LogP contribution is -2.04. The van der Waals surface area contributed by atoms with Crippen LogP contribution in [0.25, 0.3) is 0 Å². The van der Waals surface area contributed by atoms with Crippen LogP contribution in [-0.2, 0) is 16.4 Å². The fourth-order valence-electron chi connectivity index (χ4n) is 1.87. The quantitative estimate of drug-likeness (QED) is 0.942. The maximum Gasteiger partial charge on any atom is 0.175 e. The highest BCUT2D eigenvalue weighted by atomic mass is 32.2. The summed E-state index contributed by atoms with van der Waals surface area (Å²) in [5.74, 6) is -1.80. The van der Waals surface area contributed by atoms with Crippen LogP contribution in [-0.4, -0.2) is 14.7 Å².